The van der Waals surface area contributed by atoms with Crippen LogP contribution >= 0.6 is 23.2 Å². The van der Waals surface area contributed by atoms with Crippen LogP contribution < -0.4 is 5.32 Å². The first-order valence-electron chi connectivity index (χ1n) is 8.45. The van der Waals surface area contributed by atoms with Gasteiger partial charge in [-0.15, -0.1) is 10.2 Å². The number of hydrogen-bond acceptors (Lipinski definition) is 4. The highest BCUT2D eigenvalue weighted by Gasteiger charge is 2.18. The lowest BCUT2D eigenvalue weighted by atomic mass is 10.2. The molecule has 6 nitrogen and oxygen atoms in total. The first kappa shape index (κ1) is 19.2. The lowest BCUT2D eigenvalue weighted by Crippen LogP contribution is -2.35. The average molecular weight is 405 g/mol. The molecule has 0 fully saturated rings. The van der Waals surface area contributed by atoms with Crippen LogP contribution in [0.25, 0.3) is 11.5 Å². The summed E-state index contributed by atoms with van der Waals surface area (Å²) in [6, 6.07) is 13.9. The number of halogens is 2. The number of anilines is 1. The average Bonchev–Trinajstić information content (AvgIpc) is 3.12. The Labute approximate surface area is 167 Å². The van der Waals surface area contributed by atoms with Crippen LogP contribution in [0.5, 0.6) is 0 Å². The minimum atomic E-state index is -0.253. The van der Waals surface area contributed by atoms with E-state index in [4.69, 9.17) is 27.6 Å². The molecule has 0 radical (unpaired) electrons. The minimum absolute atomic E-state index is 0.199. The number of urea groups is 1. The van der Waals surface area contributed by atoms with Crippen LogP contribution in [-0.4, -0.2) is 27.7 Å². The van der Waals surface area contributed by atoms with Crippen molar-refractivity contribution in [1.82, 2.24) is 15.1 Å². The van der Waals surface area contributed by atoms with Crippen molar-refractivity contribution in [1.29, 1.82) is 0 Å². The number of amides is 2. The number of aromatic nitrogens is 2. The summed E-state index contributed by atoms with van der Waals surface area (Å²) in [5.41, 5.74) is 1.32. The van der Waals surface area contributed by atoms with Crippen LogP contribution in [0.2, 0.25) is 10.0 Å². The molecule has 140 valence electrons. The minimum Gasteiger partial charge on any atom is -0.419 e. The van der Waals surface area contributed by atoms with Gasteiger partial charge in [0.15, 0.2) is 0 Å². The molecule has 0 spiro atoms. The highest BCUT2D eigenvalue weighted by Crippen LogP contribution is 2.26. The molecular formula is C19H18Cl2N4O2. The molecular weight excluding hydrogens is 387 g/mol. The quantitative estimate of drug-likeness (QED) is 0.589. The molecule has 8 heteroatoms. The van der Waals surface area contributed by atoms with E-state index >= 15 is 0 Å². The van der Waals surface area contributed by atoms with Crippen molar-refractivity contribution in [2.24, 2.45) is 0 Å². The Morgan fingerprint density at radius 3 is 2.56 bits per heavy atom. The van der Waals surface area contributed by atoms with E-state index in [2.05, 4.69) is 15.5 Å². The highest BCUT2D eigenvalue weighted by atomic mass is 35.5. The molecule has 0 unspecified atom stereocenters. The van der Waals surface area contributed by atoms with Crippen LogP contribution in [0.4, 0.5) is 10.5 Å². The second kappa shape index (κ2) is 8.88. The summed E-state index contributed by atoms with van der Waals surface area (Å²) in [6.07, 6.45) is 0.791. The normalized spacial score (nSPS) is 10.6. The maximum absolute atomic E-state index is 12.6. The smallest absolute Gasteiger partial charge is 0.322 e. The monoisotopic (exact) mass is 404 g/mol. The van der Waals surface area contributed by atoms with E-state index in [-0.39, 0.29) is 12.6 Å². The zero-order chi connectivity index (χ0) is 19.2. The Hall–Kier alpha value is -2.57. The van der Waals surface area contributed by atoms with Crippen molar-refractivity contribution < 1.29 is 9.21 Å². The van der Waals surface area contributed by atoms with Crippen LogP contribution in [0.3, 0.4) is 0 Å². The lowest BCUT2D eigenvalue weighted by molar-refractivity contribution is 0.203. The Morgan fingerprint density at radius 1 is 1.11 bits per heavy atom. The zero-order valence-electron chi connectivity index (χ0n) is 14.7. The number of nitrogens with one attached hydrogen (secondary N) is 1. The van der Waals surface area contributed by atoms with Gasteiger partial charge in [-0.3, -0.25) is 0 Å². The first-order chi connectivity index (χ1) is 13.1. The molecule has 2 amide bonds. The summed E-state index contributed by atoms with van der Waals surface area (Å²) in [5.74, 6) is 0.662. The fourth-order valence-corrected chi connectivity index (χ4v) is 2.82. The van der Waals surface area contributed by atoms with Crippen LogP contribution in [0.1, 0.15) is 19.2 Å². The summed E-state index contributed by atoms with van der Waals surface area (Å²) in [6.45, 7) is 2.74. The zero-order valence-corrected chi connectivity index (χ0v) is 16.2. The Bertz CT molecular complexity index is 912. The molecule has 1 heterocycles. The molecule has 0 aliphatic carbocycles. The van der Waals surface area contributed by atoms with E-state index in [9.17, 15) is 4.79 Å². The summed E-state index contributed by atoms with van der Waals surface area (Å²) in [4.78, 5) is 14.2. The van der Waals surface area contributed by atoms with Gasteiger partial charge in [0, 0.05) is 17.3 Å². The maximum Gasteiger partial charge on any atom is 0.322 e. The second-order valence-electron chi connectivity index (χ2n) is 5.84. The molecule has 2 aromatic carbocycles. The predicted octanol–water partition coefficient (Wildman–Crippen LogP) is 5.49. The van der Waals surface area contributed by atoms with E-state index in [1.165, 1.54) is 0 Å². The van der Waals surface area contributed by atoms with Crippen molar-refractivity contribution in [3.05, 3.63) is 64.5 Å². The fourth-order valence-electron chi connectivity index (χ4n) is 2.48. The first-order valence-corrected chi connectivity index (χ1v) is 9.21. The third-order valence-corrected chi connectivity index (χ3v) is 4.36. The molecule has 1 N–H and O–H groups in total. The lowest BCUT2D eigenvalue weighted by Gasteiger charge is -2.20. The summed E-state index contributed by atoms with van der Waals surface area (Å²) in [5, 5.41) is 12.1. The third kappa shape index (κ3) is 4.99. The third-order valence-electron chi connectivity index (χ3n) is 3.77. The van der Waals surface area contributed by atoms with Crippen molar-refractivity contribution in [3.63, 3.8) is 0 Å². The number of carbonyl (C=O) groups is 1. The summed E-state index contributed by atoms with van der Waals surface area (Å²) in [7, 11) is 0. The second-order valence-corrected chi connectivity index (χ2v) is 6.68. The topological polar surface area (TPSA) is 71.3 Å². The molecule has 0 saturated carbocycles. The standard InChI is InChI=1S/C19H18Cl2N4O2/c1-2-11-25(19(26)22-14-9-7-13(20)8-10-14)12-17-23-24-18(27-17)15-5-3-4-6-16(15)21/h3-10H,2,11-12H2,1H3,(H,22,26). The highest BCUT2D eigenvalue weighted by molar-refractivity contribution is 6.33. The summed E-state index contributed by atoms with van der Waals surface area (Å²) < 4.78 is 5.70. The molecule has 27 heavy (non-hydrogen) atoms. The fraction of sp³-hybridized carbons (Fsp3) is 0.211. The molecule has 0 aliphatic rings. The van der Waals surface area contributed by atoms with Crippen molar-refractivity contribution in [2.75, 3.05) is 11.9 Å². The van der Waals surface area contributed by atoms with Gasteiger partial charge in [0.25, 0.3) is 0 Å². The van der Waals surface area contributed by atoms with Gasteiger partial charge in [-0.2, -0.15) is 0 Å². The van der Waals surface area contributed by atoms with Crippen LogP contribution in [0, 0.1) is 0 Å². The van der Waals surface area contributed by atoms with Crippen molar-refractivity contribution >= 4 is 34.9 Å². The van der Waals surface area contributed by atoms with Crippen LogP contribution in [-0.2, 0) is 6.54 Å². The predicted molar refractivity (Wildman–Crippen MR) is 106 cm³/mol. The van der Waals surface area contributed by atoms with Gasteiger partial charge in [0.05, 0.1) is 10.6 Å². The van der Waals surface area contributed by atoms with E-state index in [1.807, 2.05) is 19.1 Å². The molecule has 0 saturated heterocycles. The number of hydrogen-bond donors (Lipinski definition) is 1. The Kier molecular flexibility index (Phi) is 6.32. The van der Waals surface area contributed by atoms with Crippen molar-refractivity contribution in [3.8, 4) is 11.5 Å². The molecule has 1 aromatic heterocycles. The van der Waals surface area contributed by atoms with Gasteiger partial charge in [-0.05, 0) is 42.8 Å². The van der Waals surface area contributed by atoms with Gasteiger partial charge in [0.1, 0.15) is 6.54 Å². The van der Waals surface area contributed by atoms with Crippen molar-refractivity contribution in [2.45, 2.75) is 19.9 Å². The molecule has 0 atom stereocenters. The molecule has 3 aromatic rings. The number of nitrogens with zero attached hydrogens (tertiary/aromatic N) is 3. The SMILES string of the molecule is CCCN(Cc1nnc(-c2ccccc2Cl)o1)C(=O)Nc1ccc(Cl)cc1. The van der Waals surface area contributed by atoms with Gasteiger partial charge >= 0.3 is 6.03 Å². The Morgan fingerprint density at radius 2 is 1.85 bits per heavy atom. The largest absolute Gasteiger partial charge is 0.419 e. The van der Waals surface area contributed by atoms with Gasteiger partial charge in [-0.25, -0.2) is 4.79 Å². The number of benzene rings is 2. The number of rotatable bonds is 6. The van der Waals surface area contributed by atoms with Gasteiger partial charge in [0.2, 0.25) is 11.8 Å². The maximum atomic E-state index is 12.6. The van der Waals surface area contributed by atoms with E-state index in [0.717, 1.165) is 6.42 Å². The van der Waals surface area contributed by atoms with Gasteiger partial charge in [-0.1, -0.05) is 42.3 Å². The molecule has 3 rings (SSSR count). The van der Waals surface area contributed by atoms with Crippen LogP contribution in [0.15, 0.2) is 52.9 Å². The number of carbonyl (C=O) groups excluding carboxylic acids is 1. The summed E-state index contributed by atoms with van der Waals surface area (Å²) >= 11 is 12.0. The molecule has 0 aliphatic heterocycles. The van der Waals surface area contributed by atoms with Gasteiger partial charge < -0.3 is 14.6 Å². The molecule has 0 bridgehead atoms. The van der Waals surface area contributed by atoms with E-state index < -0.39 is 0 Å². The Balaban J connectivity index is 1.71. The van der Waals surface area contributed by atoms with E-state index in [0.29, 0.717) is 39.6 Å². The van der Waals surface area contributed by atoms with E-state index in [1.54, 1.807) is 41.3 Å².